The van der Waals surface area contributed by atoms with Crippen LogP contribution in [0.2, 0.25) is 0 Å². The molecule has 0 spiro atoms. The Morgan fingerprint density at radius 2 is 2.23 bits per heavy atom. The largest absolute Gasteiger partial charge is 0.306 e. The van der Waals surface area contributed by atoms with Crippen LogP contribution >= 0.6 is 11.3 Å². The van der Waals surface area contributed by atoms with Crippen LogP contribution in [0.4, 0.5) is 0 Å². The zero-order valence-electron chi connectivity index (χ0n) is 7.74. The maximum Gasteiger partial charge on any atom is 0.0799 e. The first kappa shape index (κ1) is 11.3. The van der Waals surface area contributed by atoms with Crippen LogP contribution in [-0.4, -0.2) is 4.98 Å². The van der Waals surface area contributed by atoms with E-state index in [2.05, 4.69) is 31.0 Å². The van der Waals surface area contributed by atoms with Gasteiger partial charge in [0.05, 0.1) is 5.01 Å². The topological polar surface area (TPSA) is 12.9 Å². The molecular formula is C10H10NSY-. The van der Waals surface area contributed by atoms with Gasteiger partial charge >= 0.3 is 0 Å². The number of rotatable bonds is 1. The first-order valence-corrected chi connectivity index (χ1v) is 4.85. The monoisotopic (exact) mass is 265 g/mol. The fourth-order valence-electron chi connectivity index (χ4n) is 1.08. The van der Waals surface area contributed by atoms with Gasteiger partial charge in [-0.2, -0.15) is 24.3 Å². The third kappa shape index (κ3) is 2.36. The summed E-state index contributed by atoms with van der Waals surface area (Å²) in [5.74, 6) is 0.530. The Morgan fingerprint density at radius 3 is 2.85 bits per heavy atom. The van der Waals surface area contributed by atoms with E-state index in [9.17, 15) is 0 Å². The van der Waals surface area contributed by atoms with Crippen molar-refractivity contribution in [2.24, 2.45) is 0 Å². The Kier molecular flexibility index (Phi) is 4.02. The molecule has 13 heavy (non-hydrogen) atoms. The maximum atomic E-state index is 4.50. The van der Waals surface area contributed by atoms with Crippen LogP contribution in [0.25, 0.3) is 10.2 Å². The predicted molar refractivity (Wildman–Crippen MR) is 52.5 cm³/mol. The Labute approximate surface area is 107 Å². The van der Waals surface area contributed by atoms with E-state index in [0.29, 0.717) is 5.92 Å². The summed E-state index contributed by atoms with van der Waals surface area (Å²) in [5, 5.41) is 1.21. The second kappa shape index (κ2) is 4.63. The number of fused-ring (bicyclic) bond motifs is 1. The fraction of sp³-hybridized carbons (Fsp3) is 0.300. The van der Waals surface area contributed by atoms with E-state index in [4.69, 9.17) is 0 Å². The van der Waals surface area contributed by atoms with Crippen molar-refractivity contribution in [2.45, 2.75) is 19.8 Å². The molecule has 2 aromatic rings. The van der Waals surface area contributed by atoms with Gasteiger partial charge in [0, 0.05) is 38.6 Å². The van der Waals surface area contributed by atoms with E-state index in [1.165, 1.54) is 9.71 Å². The molecule has 0 aliphatic rings. The Morgan fingerprint density at radius 1 is 1.46 bits per heavy atom. The number of aromatic nitrogens is 1. The zero-order chi connectivity index (χ0) is 8.55. The summed E-state index contributed by atoms with van der Waals surface area (Å²) >= 11 is 1.77. The SMILES string of the molecule is CC(C)c1nc2c[c-]ccc2s1.[Y]. The molecule has 0 aliphatic carbocycles. The summed E-state index contributed by atoms with van der Waals surface area (Å²) in [6, 6.07) is 8.98. The molecule has 1 aromatic carbocycles. The molecule has 0 amide bonds. The van der Waals surface area contributed by atoms with Crippen molar-refractivity contribution in [3.8, 4) is 0 Å². The van der Waals surface area contributed by atoms with Crippen LogP contribution < -0.4 is 0 Å². The summed E-state index contributed by atoms with van der Waals surface area (Å²) in [7, 11) is 0. The van der Waals surface area contributed by atoms with Gasteiger partial charge in [-0.05, 0) is 5.52 Å². The predicted octanol–water partition coefficient (Wildman–Crippen LogP) is 3.22. The molecule has 1 aromatic heterocycles. The zero-order valence-corrected chi connectivity index (χ0v) is 11.4. The van der Waals surface area contributed by atoms with Crippen molar-refractivity contribution in [1.29, 1.82) is 0 Å². The van der Waals surface area contributed by atoms with E-state index in [-0.39, 0.29) is 32.7 Å². The van der Waals surface area contributed by atoms with Crippen molar-refractivity contribution in [1.82, 2.24) is 4.98 Å². The molecule has 65 valence electrons. The molecule has 0 aliphatic heterocycles. The molecule has 0 bridgehead atoms. The van der Waals surface area contributed by atoms with Gasteiger partial charge in [0.15, 0.2) is 0 Å². The first-order valence-electron chi connectivity index (χ1n) is 4.04. The van der Waals surface area contributed by atoms with E-state index < -0.39 is 0 Å². The normalized spacial score (nSPS) is 10.4. The van der Waals surface area contributed by atoms with Crippen molar-refractivity contribution in [3.63, 3.8) is 0 Å². The average Bonchev–Trinajstić information content (AvgIpc) is 2.46. The molecule has 0 saturated heterocycles. The Balaban J connectivity index is 0.000000845. The molecule has 0 saturated carbocycles. The average molecular weight is 265 g/mol. The van der Waals surface area contributed by atoms with Crippen LogP contribution in [0.1, 0.15) is 24.8 Å². The minimum absolute atomic E-state index is 0. The van der Waals surface area contributed by atoms with E-state index in [1.54, 1.807) is 11.3 Å². The second-order valence-corrected chi connectivity index (χ2v) is 4.16. The molecule has 3 heteroatoms. The molecule has 1 heterocycles. The standard InChI is InChI=1S/C10H10NS.Y/c1-7(2)10-11-8-5-3-4-6-9(8)12-10;/h4-7H,1-2H3;/q-1;. The number of thiazole rings is 1. The van der Waals surface area contributed by atoms with Crippen molar-refractivity contribution < 1.29 is 32.7 Å². The smallest absolute Gasteiger partial charge is 0.0799 e. The Hall–Kier alpha value is 0.214. The number of hydrogen-bond donors (Lipinski definition) is 0. The molecule has 1 radical (unpaired) electrons. The quantitative estimate of drug-likeness (QED) is 0.721. The van der Waals surface area contributed by atoms with Gasteiger partial charge in [0.2, 0.25) is 0 Å². The molecule has 0 atom stereocenters. The van der Waals surface area contributed by atoms with Crippen molar-refractivity contribution in [2.75, 3.05) is 0 Å². The molecular weight excluding hydrogens is 255 g/mol. The van der Waals surface area contributed by atoms with E-state index in [0.717, 1.165) is 5.52 Å². The second-order valence-electron chi connectivity index (χ2n) is 3.10. The van der Waals surface area contributed by atoms with Crippen LogP contribution in [0, 0.1) is 6.07 Å². The molecule has 0 fully saturated rings. The van der Waals surface area contributed by atoms with Gasteiger partial charge < -0.3 is 4.98 Å². The third-order valence-corrected chi connectivity index (χ3v) is 3.08. The van der Waals surface area contributed by atoms with E-state index >= 15 is 0 Å². The summed E-state index contributed by atoms with van der Waals surface area (Å²) < 4.78 is 1.26. The number of nitrogens with zero attached hydrogens (tertiary/aromatic N) is 1. The van der Waals surface area contributed by atoms with Crippen LogP contribution in [-0.2, 0) is 32.7 Å². The van der Waals surface area contributed by atoms with Gasteiger partial charge in [0.1, 0.15) is 0 Å². The van der Waals surface area contributed by atoms with E-state index in [1.807, 2.05) is 12.1 Å². The summed E-state index contributed by atoms with van der Waals surface area (Å²) in [5.41, 5.74) is 1.08. The van der Waals surface area contributed by atoms with Gasteiger partial charge in [-0.25, -0.2) is 0 Å². The fourth-order valence-corrected chi connectivity index (χ4v) is 2.03. The summed E-state index contributed by atoms with van der Waals surface area (Å²) in [6.07, 6.45) is 0. The summed E-state index contributed by atoms with van der Waals surface area (Å²) in [4.78, 5) is 4.50. The van der Waals surface area contributed by atoms with Gasteiger partial charge in [-0.15, -0.1) is 11.3 Å². The van der Waals surface area contributed by atoms with Crippen LogP contribution in [0.5, 0.6) is 0 Å². The van der Waals surface area contributed by atoms with Crippen LogP contribution in [0.3, 0.4) is 0 Å². The first-order chi connectivity index (χ1) is 5.77. The van der Waals surface area contributed by atoms with Crippen LogP contribution in [0.15, 0.2) is 18.2 Å². The summed E-state index contributed by atoms with van der Waals surface area (Å²) in [6.45, 7) is 4.34. The molecule has 2 rings (SSSR count). The molecule has 0 unspecified atom stereocenters. The van der Waals surface area contributed by atoms with Gasteiger partial charge in [-0.3, -0.25) is 0 Å². The number of benzene rings is 1. The maximum absolute atomic E-state index is 4.50. The van der Waals surface area contributed by atoms with Gasteiger partial charge in [-0.1, -0.05) is 18.5 Å². The number of hydrogen-bond acceptors (Lipinski definition) is 2. The third-order valence-electron chi connectivity index (χ3n) is 1.74. The minimum Gasteiger partial charge on any atom is -0.306 e. The molecule has 1 nitrogen and oxygen atoms in total. The van der Waals surface area contributed by atoms with Gasteiger partial charge in [0.25, 0.3) is 0 Å². The molecule has 0 N–H and O–H groups in total. The van der Waals surface area contributed by atoms with Crippen molar-refractivity contribution >= 4 is 21.6 Å². The Bertz CT molecular complexity index is 361. The van der Waals surface area contributed by atoms with Crippen molar-refractivity contribution in [3.05, 3.63) is 29.3 Å². The minimum atomic E-state index is 0.